The van der Waals surface area contributed by atoms with Gasteiger partial charge < -0.3 is 14.4 Å². The van der Waals surface area contributed by atoms with Crippen LogP contribution in [0.25, 0.3) is 0 Å². The number of piperazine rings is 1. The molecule has 0 bridgehead atoms. The van der Waals surface area contributed by atoms with Crippen LogP contribution < -0.4 is 19.9 Å². The second kappa shape index (κ2) is 14.8. The number of urea groups is 1. The molecule has 0 radical (unpaired) electrons. The number of amides is 2. The van der Waals surface area contributed by atoms with Crippen molar-refractivity contribution < 1.29 is 28.3 Å². The van der Waals surface area contributed by atoms with Crippen LogP contribution >= 0.6 is 0 Å². The highest BCUT2D eigenvalue weighted by atomic mass is 19.1. The van der Waals surface area contributed by atoms with Gasteiger partial charge in [0.25, 0.3) is 0 Å². The normalized spacial score (nSPS) is 13.5. The minimum Gasteiger partial charge on any atom is -0.493 e. The third-order valence-electron chi connectivity index (χ3n) is 8.09. The second-order valence-electron chi connectivity index (χ2n) is 10.8. The van der Waals surface area contributed by atoms with Crippen LogP contribution in [0.15, 0.2) is 85.1 Å². The Morgan fingerprint density at radius 2 is 1.53 bits per heavy atom. The van der Waals surface area contributed by atoms with Crippen LogP contribution in [0.4, 0.5) is 30.8 Å². The van der Waals surface area contributed by atoms with Gasteiger partial charge in [-0.2, -0.15) is 0 Å². The first-order valence-electron chi connectivity index (χ1n) is 14.8. The smallest absolute Gasteiger partial charge is 0.330 e. The average molecular weight is 618 g/mol. The Hall–Kier alpha value is -4.74. The summed E-state index contributed by atoms with van der Waals surface area (Å²) in [6.45, 7) is 3.17. The maximum absolute atomic E-state index is 14.1. The lowest BCUT2D eigenvalue weighted by Gasteiger charge is -2.37. The summed E-state index contributed by atoms with van der Waals surface area (Å²) in [7, 11) is 3.06. The molecule has 1 aliphatic heterocycles. The Balaban J connectivity index is 1.26. The van der Waals surface area contributed by atoms with Crippen molar-refractivity contribution in [2.75, 3.05) is 57.3 Å². The van der Waals surface area contributed by atoms with Gasteiger partial charge in [0, 0.05) is 44.4 Å². The Labute approximate surface area is 261 Å². The van der Waals surface area contributed by atoms with E-state index in [2.05, 4.69) is 15.4 Å². The maximum Gasteiger partial charge on any atom is 0.330 e. The van der Waals surface area contributed by atoms with Crippen LogP contribution in [0.2, 0.25) is 0 Å². The molecule has 0 atom stereocenters. The number of nitrogens with one attached hydrogen (secondary N) is 1. The zero-order chi connectivity index (χ0) is 31.8. The van der Waals surface area contributed by atoms with Gasteiger partial charge in [0.1, 0.15) is 17.3 Å². The number of nitrogens with zero attached hydrogens (tertiary/aromatic N) is 4. The molecule has 11 heteroatoms. The molecule has 0 spiro atoms. The number of rotatable bonds is 11. The number of pyridine rings is 1. The van der Waals surface area contributed by atoms with Crippen molar-refractivity contribution in [2.24, 2.45) is 0 Å². The van der Waals surface area contributed by atoms with E-state index in [0.717, 1.165) is 30.5 Å². The summed E-state index contributed by atoms with van der Waals surface area (Å²) in [5, 5.41) is 9.79. The van der Waals surface area contributed by atoms with Crippen LogP contribution in [-0.2, 0) is 0 Å². The van der Waals surface area contributed by atoms with Gasteiger partial charge in [-0.05, 0) is 79.0 Å². The van der Waals surface area contributed by atoms with E-state index in [1.165, 1.54) is 43.4 Å². The van der Waals surface area contributed by atoms with E-state index < -0.39 is 0 Å². The third kappa shape index (κ3) is 7.50. The topological polar surface area (TPSA) is 90.4 Å². The number of hydrogen-bond acceptors (Lipinski definition) is 7. The first-order valence-corrected chi connectivity index (χ1v) is 14.8. The number of benzene rings is 3. The molecular formula is C34H37F2N5O4. The summed E-state index contributed by atoms with van der Waals surface area (Å²) in [4.78, 5) is 24.0. The Kier molecular flexibility index (Phi) is 10.4. The summed E-state index contributed by atoms with van der Waals surface area (Å²) >= 11 is 0. The highest BCUT2D eigenvalue weighted by Crippen LogP contribution is 2.37. The molecule has 4 aromatic rings. The largest absolute Gasteiger partial charge is 0.493 e. The molecule has 1 saturated heterocycles. The molecule has 2 heterocycles. The maximum atomic E-state index is 14.1. The third-order valence-corrected chi connectivity index (χ3v) is 8.09. The molecule has 9 nitrogen and oxygen atoms in total. The second-order valence-corrected chi connectivity index (χ2v) is 10.8. The fraction of sp³-hybridized carbons (Fsp3) is 0.294. The zero-order valence-corrected chi connectivity index (χ0v) is 25.3. The number of aromatic nitrogens is 1. The molecule has 2 amide bonds. The summed E-state index contributed by atoms with van der Waals surface area (Å²) in [5.74, 6) is 0.641. The number of hydrogen-bond donors (Lipinski definition) is 2. The number of carbonyl (C=O) groups is 1. The molecular weight excluding hydrogens is 580 g/mol. The molecule has 5 rings (SSSR count). The van der Waals surface area contributed by atoms with Gasteiger partial charge in [-0.1, -0.05) is 24.3 Å². The predicted octanol–water partition coefficient (Wildman–Crippen LogP) is 6.67. The molecule has 1 aliphatic rings. The van der Waals surface area contributed by atoms with Crippen LogP contribution in [-0.4, -0.2) is 73.0 Å². The van der Waals surface area contributed by atoms with Crippen LogP contribution in [0.5, 0.6) is 11.5 Å². The van der Waals surface area contributed by atoms with Crippen molar-refractivity contribution in [3.8, 4) is 11.5 Å². The van der Waals surface area contributed by atoms with Gasteiger partial charge in [-0.3, -0.25) is 15.6 Å². The quantitative estimate of drug-likeness (QED) is 0.182. The van der Waals surface area contributed by atoms with Crippen molar-refractivity contribution in [3.63, 3.8) is 0 Å². The molecule has 45 heavy (non-hydrogen) atoms. The average Bonchev–Trinajstić information content (AvgIpc) is 3.08. The molecule has 3 aromatic carbocycles. The minimum absolute atomic E-state index is 0.0109. The van der Waals surface area contributed by atoms with Crippen molar-refractivity contribution >= 4 is 23.2 Å². The molecule has 2 N–H and O–H groups in total. The van der Waals surface area contributed by atoms with E-state index in [1.54, 1.807) is 65.7 Å². The Morgan fingerprint density at radius 3 is 2.11 bits per heavy atom. The minimum atomic E-state index is -0.291. The molecule has 0 aliphatic carbocycles. The van der Waals surface area contributed by atoms with Gasteiger partial charge in [-0.25, -0.2) is 23.5 Å². The van der Waals surface area contributed by atoms with Gasteiger partial charge in [0.2, 0.25) is 0 Å². The molecule has 1 fully saturated rings. The van der Waals surface area contributed by atoms with Crippen molar-refractivity contribution in [1.29, 1.82) is 0 Å². The fourth-order valence-corrected chi connectivity index (χ4v) is 5.69. The highest BCUT2D eigenvalue weighted by Gasteiger charge is 2.30. The summed E-state index contributed by atoms with van der Waals surface area (Å²) in [5.41, 5.74) is 4.90. The first-order chi connectivity index (χ1) is 21.9. The number of carbonyl (C=O) groups excluding carboxylic acids is 1. The van der Waals surface area contributed by atoms with Gasteiger partial charge in [0.15, 0.2) is 17.3 Å². The van der Waals surface area contributed by atoms with E-state index in [0.29, 0.717) is 43.4 Å². The van der Waals surface area contributed by atoms with Gasteiger partial charge >= 0.3 is 6.03 Å². The van der Waals surface area contributed by atoms with Crippen molar-refractivity contribution in [2.45, 2.75) is 18.8 Å². The number of methoxy groups -OCH3 is 2. The van der Waals surface area contributed by atoms with Crippen molar-refractivity contribution in [1.82, 2.24) is 14.8 Å². The Morgan fingerprint density at radius 1 is 0.911 bits per heavy atom. The van der Waals surface area contributed by atoms with Crippen LogP contribution in [0, 0.1) is 11.6 Å². The number of anilines is 3. The standard InChI is InChI=1S/C34H37F2N5O4/c1-44-31-16-15-28(23-32(31)45-2)41(33-30(38-43)6-3-17-37-33)34(42)40-21-19-39(20-22-40)18-4-5-29(24-7-11-26(35)12-8-24)25-9-13-27(36)14-10-25/h3,6-17,23,29,38,43H,4-5,18-22H2,1-2H3. The summed E-state index contributed by atoms with van der Waals surface area (Å²) in [6, 6.07) is 21.1. The van der Waals surface area contributed by atoms with Crippen LogP contribution in [0.1, 0.15) is 29.9 Å². The number of halogens is 2. The molecule has 1 aromatic heterocycles. The lowest BCUT2D eigenvalue weighted by molar-refractivity contribution is 0.143. The monoisotopic (exact) mass is 617 g/mol. The van der Waals surface area contributed by atoms with E-state index in [1.807, 2.05) is 0 Å². The van der Waals surface area contributed by atoms with Crippen molar-refractivity contribution in [3.05, 3.63) is 108 Å². The predicted molar refractivity (Wildman–Crippen MR) is 169 cm³/mol. The SMILES string of the molecule is COc1ccc(N(C(=O)N2CCN(CCCC(c3ccc(F)cc3)c3ccc(F)cc3)CC2)c2ncccc2NO)cc1OC. The fourth-order valence-electron chi connectivity index (χ4n) is 5.69. The van der Waals surface area contributed by atoms with Crippen LogP contribution in [0.3, 0.4) is 0 Å². The number of ether oxygens (including phenoxy) is 2. The van der Waals surface area contributed by atoms with E-state index >= 15 is 0 Å². The Bertz CT molecular complexity index is 1520. The summed E-state index contributed by atoms with van der Waals surface area (Å²) in [6.07, 6.45) is 3.23. The zero-order valence-electron chi connectivity index (χ0n) is 25.3. The lowest BCUT2D eigenvalue weighted by atomic mass is 9.87. The molecule has 0 saturated carbocycles. The summed E-state index contributed by atoms with van der Waals surface area (Å²) < 4.78 is 38.1. The van der Waals surface area contributed by atoms with Gasteiger partial charge in [-0.15, -0.1) is 0 Å². The first kappa shape index (κ1) is 31.7. The van der Waals surface area contributed by atoms with E-state index in [9.17, 15) is 18.8 Å². The van der Waals surface area contributed by atoms with Gasteiger partial charge in [0.05, 0.1) is 19.9 Å². The lowest BCUT2D eigenvalue weighted by Crippen LogP contribution is -2.52. The van der Waals surface area contributed by atoms with E-state index in [-0.39, 0.29) is 35.1 Å². The highest BCUT2D eigenvalue weighted by molar-refractivity contribution is 6.01. The molecule has 0 unspecified atom stereocenters. The van der Waals surface area contributed by atoms with E-state index in [4.69, 9.17) is 9.47 Å². The molecule has 236 valence electrons.